The zero-order valence-electron chi connectivity index (χ0n) is 9.53. The highest BCUT2D eigenvalue weighted by molar-refractivity contribution is 5.97. The van der Waals surface area contributed by atoms with Crippen molar-refractivity contribution in [3.05, 3.63) is 29.8 Å². The lowest BCUT2D eigenvalue weighted by Crippen LogP contribution is -1.92. The fourth-order valence-corrected chi connectivity index (χ4v) is 1.46. The minimum absolute atomic E-state index is 0.00277. The van der Waals surface area contributed by atoms with Crippen molar-refractivity contribution in [2.75, 3.05) is 0 Å². The average Bonchev–Trinajstić information content (AvgIpc) is 2.26. The molecule has 2 N–H and O–H groups in total. The van der Waals surface area contributed by atoms with Crippen molar-refractivity contribution in [3.63, 3.8) is 0 Å². The molecule has 0 bridgehead atoms. The molecule has 0 aliphatic rings. The van der Waals surface area contributed by atoms with Gasteiger partial charge in [0.1, 0.15) is 11.5 Å². The molecule has 0 atom stereocenters. The fraction of sp³-hybridized carbons (Fsp3) is 0.308. The number of phenolic OH excluding ortho intramolecular Hbond substituents is 2. The molecule has 0 saturated carbocycles. The monoisotopic (exact) mass is 220 g/mol. The topological polar surface area (TPSA) is 57.5 Å². The molecule has 0 aromatic heterocycles. The minimum Gasteiger partial charge on any atom is -0.508 e. The van der Waals surface area contributed by atoms with Gasteiger partial charge in [-0.3, -0.25) is 4.79 Å². The molecule has 0 heterocycles. The van der Waals surface area contributed by atoms with Crippen LogP contribution in [0.2, 0.25) is 0 Å². The Labute approximate surface area is 95.0 Å². The van der Waals surface area contributed by atoms with Gasteiger partial charge in [0.15, 0.2) is 5.78 Å². The van der Waals surface area contributed by atoms with Crippen LogP contribution in [-0.2, 0) is 4.79 Å². The highest BCUT2D eigenvalue weighted by Gasteiger charge is 2.07. The summed E-state index contributed by atoms with van der Waals surface area (Å²) < 4.78 is 0. The maximum absolute atomic E-state index is 11.3. The van der Waals surface area contributed by atoms with Gasteiger partial charge in [-0.1, -0.05) is 13.8 Å². The van der Waals surface area contributed by atoms with Crippen LogP contribution in [0.5, 0.6) is 11.5 Å². The van der Waals surface area contributed by atoms with Gasteiger partial charge in [0.2, 0.25) is 0 Å². The predicted molar refractivity (Wildman–Crippen MR) is 63.3 cm³/mol. The number of carbonyl (C=O) groups is 1. The zero-order valence-corrected chi connectivity index (χ0v) is 9.53. The van der Waals surface area contributed by atoms with Gasteiger partial charge in [-0.2, -0.15) is 0 Å². The Bertz CT molecular complexity index is 419. The van der Waals surface area contributed by atoms with Crippen LogP contribution < -0.4 is 0 Å². The summed E-state index contributed by atoms with van der Waals surface area (Å²) in [7, 11) is 0. The van der Waals surface area contributed by atoms with E-state index in [-0.39, 0.29) is 17.3 Å². The lowest BCUT2D eigenvalue weighted by Gasteiger charge is -2.07. The first kappa shape index (κ1) is 12.3. The largest absolute Gasteiger partial charge is 0.508 e. The van der Waals surface area contributed by atoms with Crippen LogP contribution >= 0.6 is 0 Å². The molecule has 0 unspecified atom stereocenters. The number of hydrogen-bond acceptors (Lipinski definition) is 3. The predicted octanol–water partition coefficient (Wildman–Crippen LogP) is 2.87. The highest BCUT2D eigenvalue weighted by Crippen LogP contribution is 2.30. The van der Waals surface area contributed by atoms with Gasteiger partial charge in [-0.25, -0.2) is 0 Å². The average molecular weight is 220 g/mol. The maximum atomic E-state index is 11.3. The molecule has 0 radical (unpaired) electrons. The van der Waals surface area contributed by atoms with E-state index in [4.69, 9.17) is 0 Å². The SMILES string of the molecule is CCC(=O)/C=C(\CC)c1ccc(O)cc1O. The van der Waals surface area contributed by atoms with E-state index in [1.807, 2.05) is 6.92 Å². The van der Waals surface area contributed by atoms with E-state index in [1.54, 1.807) is 19.1 Å². The summed E-state index contributed by atoms with van der Waals surface area (Å²) in [5.41, 5.74) is 1.38. The fourth-order valence-electron chi connectivity index (χ4n) is 1.46. The van der Waals surface area contributed by atoms with Crippen molar-refractivity contribution in [1.82, 2.24) is 0 Å². The maximum Gasteiger partial charge on any atom is 0.155 e. The van der Waals surface area contributed by atoms with Crippen molar-refractivity contribution < 1.29 is 15.0 Å². The van der Waals surface area contributed by atoms with E-state index in [2.05, 4.69) is 0 Å². The zero-order chi connectivity index (χ0) is 12.1. The molecule has 86 valence electrons. The minimum atomic E-state index is -0.00277. The van der Waals surface area contributed by atoms with Gasteiger partial charge in [-0.15, -0.1) is 0 Å². The van der Waals surface area contributed by atoms with Gasteiger partial charge in [0, 0.05) is 18.1 Å². The number of rotatable bonds is 4. The molecular weight excluding hydrogens is 204 g/mol. The number of aromatic hydroxyl groups is 2. The lowest BCUT2D eigenvalue weighted by molar-refractivity contribution is -0.114. The third-order valence-electron chi connectivity index (χ3n) is 2.39. The second-order valence-corrected chi connectivity index (χ2v) is 3.54. The Morgan fingerprint density at radius 3 is 2.44 bits per heavy atom. The van der Waals surface area contributed by atoms with Crippen LogP contribution in [0, 0.1) is 0 Å². The number of ketones is 1. The first-order chi connectivity index (χ1) is 7.58. The molecule has 0 aliphatic carbocycles. The summed E-state index contributed by atoms with van der Waals surface area (Å²) in [6.45, 7) is 3.71. The molecule has 0 amide bonds. The normalized spacial score (nSPS) is 11.5. The summed E-state index contributed by atoms with van der Waals surface area (Å²) in [6, 6.07) is 4.38. The van der Waals surface area contributed by atoms with E-state index in [1.165, 1.54) is 12.1 Å². The smallest absolute Gasteiger partial charge is 0.155 e. The second kappa shape index (κ2) is 5.35. The molecule has 0 aliphatic heterocycles. The van der Waals surface area contributed by atoms with Crippen LogP contribution in [0.1, 0.15) is 32.3 Å². The summed E-state index contributed by atoms with van der Waals surface area (Å²) in [5.74, 6) is 0.0415. The summed E-state index contributed by atoms with van der Waals surface area (Å²) in [6.07, 6.45) is 2.65. The van der Waals surface area contributed by atoms with Gasteiger partial charge in [0.25, 0.3) is 0 Å². The van der Waals surface area contributed by atoms with Gasteiger partial charge in [-0.05, 0) is 30.2 Å². The Balaban J connectivity index is 3.14. The molecule has 3 nitrogen and oxygen atoms in total. The van der Waals surface area contributed by atoms with Crippen molar-refractivity contribution in [3.8, 4) is 11.5 Å². The van der Waals surface area contributed by atoms with E-state index >= 15 is 0 Å². The van der Waals surface area contributed by atoms with Crippen LogP contribution in [0.15, 0.2) is 24.3 Å². The summed E-state index contributed by atoms with van der Waals surface area (Å²) in [4.78, 5) is 11.3. The first-order valence-corrected chi connectivity index (χ1v) is 5.34. The van der Waals surface area contributed by atoms with E-state index < -0.39 is 0 Å². The van der Waals surface area contributed by atoms with Crippen LogP contribution in [0.25, 0.3) is 5.57 Å². The quantitative estimate of drug-likeness (QED) is 0.767. The second-order valence-electron chi connectivity index (χ2n) is 3.54. The molecule has 0 fully saturated rings. The Morgan fingerprint density at radius 2 is 1.94 bits per heavy atom. The lowest BCUT2D eigenvalue weighted by atomic mass is 10.0. The molecule has 1 rings (SSSR count). The first-order valence-electron chi connectivity index (χ1n) is 5.34. The van der Waals surface area contributed by atoms with Crippen molar-refractivity contribution in [1.29, 1.82) is 0 Å². The van der Waals surface area contributed by atoms with E-state index in [9.17, 15) is 15.0 Å². The third-order valence-corrected chi connectivity index (χ3v) is 2.39. The molecule has 16 heavy (non-hydrogen) atoms. The summed E-state index contributed by atoms with van der Waals surface area (Å²) >= 11 is 0. The molecule has 1 aromatic rings. The van der Waals surface area contributed by atoms with Crippen molar-refractivity contribution in [2.24, 2.45) is 0 Å². The van der Waals surface area contributed by atoms with Gasteiger partial charge < -0.3 is 10.2 Å². The Hall–Kier alpha value is -1.77. The molecule has 0 saturated heterocycles. The molecule has 0 spiro atoms. The number of carbonyl (C=O) groups excluding carboxylic acids is 1. The highest BCUT2D eigenvalue weighted by atomic mass is 16.3. The summed E-state index contributed by atoms with van der Waals surface area (Å²) in [5, 5.41) is 18.8. The number of benzene rings is 1. The molecule has 3 heteroatoms. The number of hydrogen-bond donors (Lipinski definition) is 2. The van der Waals surface area contributed by atoms with Crippen molar-refractivity contribution >= 4 is 11.4 Å². The van der Waals surface area contributed by atoms with Gasteiger partial charge >= 0.3 is 0 Å². The van der Waals surface area contributed by atoms with Crippen LogP contribution in [0.4, 0.5) is 0 Å². The Kier molecular flexibility index (Phi) is 4.11. The number of phenols is 2. The molecular formula is C13H16O3. The van der Waals surface area contributed by atoms with Crippen LogP contribution in [0.3, 0.4) is 0 Å². The number of allylic oxidation sites excluding steroid dienone is 2. The van der Waals surface area contributed by atoms with Crippen LogP contribution in [-0.4, -0.2) is 16.0 Å². The van der Waals surface area contributed by atoms with E-state index in [0.717, 1.165) is 5.57 Å². The van der Waals surface area contributed by atoms with E-state index in [0.29, 0.717) is 18.4 Å². The van der Waals surface area contributed by atoms with Crippen molar-refractivity contribution in [2.45, 2.75) is 26.7 Å². The third kappa shape index (κ3) is 2.86. The van der Waals surface area contributed by atoms with Gasteiger partial charge in [0.05, 0.1) is 0 Å². The standard InChI is InChI=1S/C13H16O3/c1-3-9(7-10(14)4-2)12-6-5-11(15)8-13(12)16/h5-8,15-16H,3-4H2,1-2H3/b9-7+. The molecule has 1 aromatic carbocycles. The Morgan fingerprint density at radius 1 is 1.25 bits per heavy atom.